The Labute approximate surface area is 134 Å². The molecular formula is C17H20N4O2. The van der Waals surface area contributed by atoms with Gasteiger partial charge in [0.05, 0.1) is 18.0 Å². The van der Waals surface area contributed by atoms with Gasteiger partial charge >= 0.3 is 0 Å². The third-order valence-corrected chi connectivity index (χ3v) is 4.24. The summed E-state index contributed by atoms with van der Waals surface area (Å²) in [6.07, 6.45) is 5.54. The molecule has 6 heteroatoms. The van der Waals surface area contributed by atoms with E-state index in [2.05, 4.69) is 5.10 Å². The molecule has 0 saturated carbocycles. The number of benzene rings is 1. The van der Waals surface area contributed by atoms with Crippen LogP contribution in [0.1, 0.15) is 18.4 Å². The molecule has 1 aromatic carbocycles. The lowest BCUT2D eigenvalue weighted by Gasteiger charge is -2.31. The molecule has 1 aromatic heterocycles. The highest BCUT2D eigenvalue weighted by Gasteiger charge is 2.26. The summed E-state index contributed by atoms with van der Waals surface area (Å²) in [6, 6.07) is 9.62. The van der Waals surface area contributed by atoms with Crippen LogP contribution in [0.25, 0.3) is 5.69 Å². The number of aromatic nitrogens is 2. The van der Waals surface area contributed by atoms with Crippen LogP contribution in [0.15, 0.2) is 42.7 Å². The highest BCUT2D eigenvalue weighted by molar-refractivity contribution is 5.81. The molecule has 1 saturated heterocycles. The van der Waals surface area contributed by atoms with Crippen molar-refractivity contribution in [1.29, 1.82) is 0 Å². The summed E-state index contributed by atoms with van der Waals surface area (Å²) in [5.74, 6) is -0.483. The van der Waals surface area contributed by atoms with Crippen LogP contribution in [0, 0.1) is 5.92 Å². The molecule has 0 bridgehead atoms. The van der Waals surface area contributed by atoms with E-state index < -0.39 is 0 Å². The van der Waals surface area contributed by atoms with Crippen LogP contribution in [0.3, 0.4) is 0 Å². The van der Waals surface area contributed by atoms with E-state index in [1.807, 2.05) is 36.5 Å². The Bertz CT molecular complexity index is 679. The predicted molar refractivity (Wildman–Crippen MR) is 85.8 cm³/mol. The normalized spacial score (nSPS) is 17.9. The second-order valence-corrected chi connectivity index (χ2v) is 5.88. The Kier molecular flexibility index (Phi) is 4.41. The number of nitrogens with two attached hydrogens (primary N) is 1. The zero-order valence-electron chi connectivity index (χ0n) is 12.9. The van der Waals surface area contributed by atoms with Crippen LogP contribution in [-0.4, -0.2) is 39.6 Å². The minimum absolute atomic E-state index is 0.0442. The smallest absolute Gasteiger partial charge is 0.227 e. The standard InChI is InChI=1S/C17H20N4O2/c18-17(23)14-3-1-9-20(12-14)16(22)11-13-4-6-15(7-5-13)21-10-2-8-19-21/h2,4-8,10,14H,1,3,9,11-12H2,(H2,18,23)/t14-/m0/s1. The molecule has 2 heterocycles. The number of hydrogen-bond acceptors (Lipinski definition) is 3. The van der Waals surface area contributed by atoms with Gasteiger partial charge in [0.1, 0.15) is 0 Å². The number of hydrogen-bond donors (Lipinski definition) is 1. The van der Waals surface area contributed by atoms with Crippen molar-refractivity contribution < 1.29 is 9.59 Å². The molecule has 120 valence electrons. The molecule has 1 aliphatic rings. The highest BCUT2D eigenvalue weighted by Crippen LogP contribution is 2.17. The number of carbonyl (C=O) groups is 2. The Morgan fingerprint density at radius 3 is 2.70 bits per heavy atom. The van der Waals surface area contributed by atoms with Gasteiger partial charge in [0.15, 0.2) is 0 Å². The molecular weight excluding hydrogens is 292 g/mol. The quantitative estimate of drug-likeness (QED) is 0.919. The molecule has 3 rings (SSSR count). The van der Waals surface area contributed by atoms with Gasteiger partial charge < -0.3 is 10.6 Å². The van der Waals surface area contributed by atoms with E-state index in [0.29, 0.717) is 19.5 Å². The molecule has 1 atom stereocenters. The minimum atomic E-state index is -0.314. The molecule has 0 radical (unpaired) electrons. The van der Waals surface area contributed by atoms with Crippen molar-refractivity contribution in [2.24, 2.45) is 11.7 Å². The van der Waals surface area contributed by atoms with Crippen molar-refractivity contribution in [3.05, 3.63) is 48.3 Å². The van der Waals surface area contributed by atoms with Crippen LogP contribution in [-0.2, 0) is 16.0 Å². The minimum Gasteiger partial charge on any atom is -0.369 e. The zero-order chi connectivity index (χ0) is 16.2. The molecule has 1 fully saturated rings. The van der Waals surface area contributed by atoms with Gasteiger partial charge in [-0.3, -0.25) is 9.59 Å². The van der Waals surface area contributed by atoms with Gasteiger partial charge in [0, 0.05) is 25.5 Å². The summed E-state index contributed by atoms with van der Waals surface area (Å²) in [5, 5.41) is 4.17. The number of amides is 2. The van der Waals surface area contributed by atoms with Crippen LogP contribution >= 0.6 is 0 Å². The van der Waals surface area contributed by atoms with E-state index >= 15 is 0 Å². The van der Waals surface area contributed by atoms with E-state index in [4.69, 9.17) is 5.73 Å². The molecule has 0 unspecified atom stereocenters. The van der Waals surface area contributed by atoms with Crippen molar-refractivity contribution >= 4 is 11.8 Å². The van der Waals surface area contributed by atoms with Crippen LogP contribution in [0.4, 0.5) is 0 Å². The number of piperidine rings is 1. The SMILES string of the molecule is NC(=O)[C@H]1CCCN(C(=O)Cc2ccc(-n3cccn3)cc2)C1. The molecule has 1 aliphatic heterocycles. The number of likely N-dealkylation sites (tertiary alicyclic amines) is 1. The maximum atomic E-state index is 12.4. The third kappa shape index (κ3) is 3.59. The summed E-state index contributed by atoms with van der Waals surface area (Å²) in [7, 11) is 0. The maximum Gasteiger partial charge on any atom is 0.227 e. The fourth-order valence-electron chi connectivity index (χ4n) is 2.91. The predicted octanol–water partition coefficient (Wildman–Crippen LogP) is 1.14. The summed E-state index contributed by atoms with van der Waals surface area (Å²) in [5.41, 5.74) is 7.27. The van der Waals surface area contributed by atoms with Crippen LogP contribution < -0.4 is 5.73 Å². The molecule has 0 spiro atoms. The van der Waals surface area contributed by atoms with E-state index in [1.165, 1.54) is 0 Å². The fraction of sp³-hybridized carbons (Fsp3) is 0.353. The van der Waals surface area contributed by atoms with Gasteiger partial charge in [-0.05, 0) is 36.6 Å². The maximum absolute atomic E-state index is 12.4. The van der Waals surface area contributed by atoms with Gasteiger partial charge in [0.2, 0.25) is 11.8 Å². The van der Waals surface area contributed by atoms with E-state index in [1.54, 1.807) is 15.8 Å². The summed E-state index contributed by atoms with van der Waals surface area (Å²) in [6.45, 7) is 1.15. The van der Waals surface area contributed by atoms with E-state index in [-0.39, 0.29) is 17.7 Å². The molecule has 23 heavy (non-hydrogen) atoms. The first-order valence-corrected chi connectivity index (χ1v) is 7.79. The second kappa shape index (κ2) is 6.64. The molecule has 0 aliphatic carbocycles. The van der Waals surface area contributed by atoms with Gasteiger partial charge in [-0.25, -0.2) is 4.68 Å². The third-order valence-electron chi connectivity index (χ3n) is 4.24. The van der Waals surface area contributed by atoms with Gasteiger partial charge in [-0.2, -0.15) is 5.10 Å². The lowest BCUT2D eigenvalue weighted by atomic mass is 9.97. The fourth-order valence-corrected chi connectivity index (χ4v) is 2.91. The number of carbonyl (C=O) groups excluding carboxylic acids is 2. The van der Waals surface area contributed by atoms with Crippen molar-refractivity contribution in [3.8, 4) is 5.69 Å². The van der Waals surface area contributed by atoms with E-state index in [0.717, 1.165) is 24.1 Å². The van der Waals surface area contributed by atoms with Gasteiger partial charge in [0.25, 0.3) is 0 Å². The Morgan fingerprint density at radius 2 is 2.04 bits per heavy atom. The first-order valence-electron chi connectivity index (χ1n) is 7.79. The lowest BCUT2D eigenvalue weighted by Crippen LogP contribution is -2.44. The van der Waals surface area contributed by atoms with Gasteiger partial charge in [-0.15, -0.1) is 0 Å². The van der Waals surface area contributed by atoms with Crippen LogP contribution in [0.5, 0.6) is 0 Å². The largest absolute Gasteiger partial charge is 0.369 e. The topological polar surface area (TPSA) is 81.2 Å². The second-order valence-electron chi connectivity index (χ2n) is 5.88. The van der Waals surface area contributed by atoms with Crippen molar-refractivity contribution in [2.45, 2.75) is 19.3 Å². The Hall–Kier alpha value is -2.63. The average Bonchev–Trinajstić information content (AvgIpc) is 3.10. The summed E-state index contributed by atoms with van der Waals surface area (Å²) >= 11 is 0. The van der Waals surface area contributed by atoms with Crippen LogP contribution in [0.2, 0.25) is 0 Å². The first-order chi connectivity index (χ1) is 11.1. The summed E-state index contributed by atoms with van der Waals surface area (Å²) in [4.78, 5) is 25.5. The molecule has 2 amide bonds. The lowest BCUT2D eigenvalue weighted by molar-refractivity contribution is -0.134. The first kappa shape index (κ1) is 15.3. The monoisotopic (exact) mass is 312 g/mol. The summed E-state index contributed by atoms with van der Waals surface area (Å²) < 4.78 is 1.77. The Balaban J connectivity index is 1.62. The average molecular weight is 312 g/mol. The van der Waals surface area contributed by atoms with Crippen molar-refractivity contribution in [1.82, 2.24) is 14.7 Å². The Morgan fingerprint density at radius 1 is 1.26 bits per heavy atom. The van der Waals surface area contributed by atoms with Gasteiger partial charge in [-0.1, -0.05) is 12.1 Å². The molecule has 2 N–H and O–H groups in total. The molecule has 6 nitrogen and oxygen atoms in total. The van der Waals surface area contributed by atoms with Crippen molar-refractivity contribution in [2.75, 3.05) is 13.1 Å². The highest BCUT2D eigenvalue weighted by atomic mass is 16.2. The number of rotatable bonds is 4. The van der Waals surface area contributed by atoms with E-state index in [9.17, 15) is 9.59 Å². The zero-order valence-corrected chi connectivity index (χ0v) is 12.9. The number of primary amides is 1. The molecule has 2 aromatic rings. The number of nitrogens with zero attached hydrogens (tertiary/aromatic N) is 3. The van der Waals surface area contributed by atoms with Crippen molar-refractivity contribution in [3.63, 3.8) is 0 Å².